The first-order chi connectivity index (χ1) is 15.0. The van der Waals surface area contributed by atoms with Gasteiger partial charge in [-0.25, -0.2) is 9.78 Å². The zero-order chi connectivity index (χ0) is 22.0. The third-order valence-corrected chi connectivity index (χ3v) is 5.94. The van der Waals surface area contributed by atoms with E-state index in [1.807, 2.05) is 36.4 Å². The molecule has 3 N–H and O–H groups in total. The highest BCUT2D eigenvalue weighted by molar-refractivity contribution is 6.30. The number of rotatable bonds is 6. The summed E-state index contributed by atoms with van der Waals surface area (Å²) < 4.78 is 5.44. The lowest BCUT2D eigenvalue weighted by Gasteiger charge is -2.19. The second-order valence-electron chi connectivity index (χ2n) is 7.59. The van der Waals surface area contributed by atoms with Crippen LogP contribution in [0.4, 0.5) is 4.79 Å². The van der Waals surface area contributed by atoms with E-state index in [2.05, 4.69) is 22.4 Å². The van der Waals surface area contributed by atoms with Crippen LogP contribution in [0, 0.1) is 6.92 Å². The molecular formula is C24H23ClN2O4. The number of nitrogens with zero attached hydrogens (tertiary/aromatic N) is 1. The molecule has 0 radical (unpaired) electrons. The number of fused-ring (bicyclic) bond motifs is 3. The zero-order valence-corrected chi connectivity index (χ0v) is 17.7. The topological polar surface area (TPSA) is 91.7 Å². The molecule has 2 atom stereocenters. The Morgan fingerprint density at radius 3 is 2.35 bits per heavy atom. The molecule has 0 spiro atoms. The quantitative estimate of drug-likeness (QED) is 0.506. The van der Waals surface area contributed by atoms with E-state index >= 15 is 0 Å². The van der Waals surface area contributed by atoms with Gasteiger partial charge in [0.15, 0.2) is 0 Å². The monoisotopic (exact) mass is 438 g/mol. The van der Waals surface area contributed by atoms with Gasteiger partial charge in [0.05, 0.1) is 0 Å². The van der Waals surface area contributed by atoms with Gasteiger partial charge in [0.2, 0.25) is 0 Å². The van der Waals surface area contributed by atoms with Crippen molar-refractivity contribution in [3.05, 3.63) is 88.2 Å². The number of aromatic nitrogens is 1. The fraction of sp³-hybridized carbons (Fsp3) is 0.250. The van der Waals surface area contributed by atoms with Crippen molar-refractivity contribution >= 4 is 17.7 Å². The van der Waals surface area contributed by atoms with Crippen LogP contribution < -0.4 is 5.32 Å². The SMILES string of the molecule is Cc1cc(C(O)C(O)CNC(=O)OCC2c3ccccc3-c3ccccc32)cnc1Cl. The number of carbonyl (C=O) groups excluding carboxylic acids is 1. The number of amides is 1. The number of alkyl carbamates (subject to hydrolysis) is 1. The number of carbonyl (C=O) groups is 1. The van der Waals surface area contributed by atoms with Crippen LogP contribution >= 0.6 is 11.6 Å². The maximum absolute atomic E-state index is 12.2. The first-order valence-corrected chi connectivity index (χ1v) is 10.4. The van der Waals surface area contributed by atoms with Gasteiger partial charge in [-0.2, -0.15) is 0 Å². The summed E-state index contributed by atoms with van der Waals surface area (Å²) in [5.74, 6) is -0.0446. The van der Waals surface area contributed by atoms with E-state index in [-0.39, 0.29) is 19.1 Å². The number of aliphatic hydroxyl groups excluding tert-OH is 2. The van der Waals surface area contributed by atoms with Gasteiger partial charge in [0.25, 0.3) is 0 Å². The molecular weight excluding hydrogens is 416 g/mol. The van der Waals surface area contributed by atoms with E-state index in [1.54, 1.807) is 13.0 Å². The predicted octanol–water partition coefficient (Wildman–Crippen LogP) is 3.98. The number of halogens is 1. The zero-order valence-electron chi connectivity index (χ0n) is 17.0. The van der Waals surface area contributed by atoms with Gasteiger partial charge >= 0.3 is 6.09 Å². The van der Waals surface area contributed by atoms with Crippen LogP contribution in [-0.2, 0) is 4.74 Å². The van der Waals surface area contributed by atoms with Crippen molar-refractivity contribution in [3.8, 4) is 11.1 Å². The van der Waals surface area contributed by atoms with E-state index in [0.29, 0.717) is 16.3 Å². The maximum Gasteiger partial charge on any atom is 0.407 e. The Kier molecular flexibility index (Phi) is 6.23. The summed E-state index contributed by atoms with van der Waals surface area (Å²) in [6.07, 6.45) is -1.69. The van der Waals surface area contributed by atoms with Crippen LogP contribution in [-0.4, -0.2) is 40.5 Å². The van der Waals surface area contributed by atoms with Crippen molar-refractivity contribution in [2.75, 3.05) is 13.2 Å². The van der Waals surface area contributed by atoms with Crippen LogP contribution in [0.15, 0.2) is 60.8 Å². The van der Waals surface area contributed by atoms with E-state index < -0.39 is 18.3 Å². The van der Waals surface area contributed by atoms with Gasteiger partial charge in [-0.1, -0.05) is 60.1 Å². The molecule has 1 amide bonds. The fourth-order valence-corrected chi connectivity index (χ4v) is 4.02. The highest BCUT2D eigenvalue weighted by Gasteiger charge is 2.29. The normalized spacial score (nSPS) is 14.5. The molecule has 0 saturated heterocycles. The molecule has 3 aromatic rings. The molecule has 0 saturated carbocycles. The molecule has 31 heavy (non-hydrogen) atoms. The third-order valence-electron chi connectivity index (χ3n) is 5.54. The number of aryl methyl sites for hydroxylation is 1. The summed E-state index contributed by atoms with van der Waals surface area (Å²) in [6, 6.07) is 17.8. The number of nitrogens with one attached hydrogen (secondary N) is 1. The summed E-state index contributed by atoms with van der Waals surface area (Å²) in [7, 11) is 0. The molecule has 0 bridgehead atoms. The summed E-state index contributed by atoms with van der Waals surface area (Å²) in [5.41, 5.74) is 5.66. The van der Waals surface area contributed by atoms with Gasteiger partial charge in [0.1, 0.15) is 24.0 Å². The average Bonchev–Trinajstić information content (AvgIpc) is 3.11. The molecule has 6 nitrogen and oxygen atoms in total. The Hall–Kier alpha value is -2.93. The molecule has 0 aliphatic heterocycles. The first kappa shape index (κ1) is 21.3. The van der Waals surface area contributed by atoms with Crippen LogP contribution in [0.25, 0.3) is 11.1 Å². The van der Waals surface area contributed by atoms with E-state index in [1.165, 1.54) is 6.20 Å². The first-order valence-electron chi connectivity index (χ1n) is 10.0. The van der Waals surface area contributed by atoms with Crippen molar-refractivity contribution in [2.24, 2.45) is 0 Å². The van der Waals surface area contributed by atoms with E-state index in [9.17, 15) is 15.0 Å². The maximum atomic E-state index is 12.2. The van der Waals surface area contributed by atoms with Crippen molar-refractivity contribution in [2.45, 2.75) is 25.0 Å². The lowest BCUT2D eigenvalue weighted by atomic mass is 9.98. The number of ether oxygens (including phenoxy) is 1. The van der Waals surface area contributed by atoms with Crippen molar-refractivity contribution in [3.63, 3.8) is 0 Å². The number of pyridine rings is 1. The summed E-state index contributed by atoms with van der Waals surface area (Å²) in [6.45, 7) is 1.77. The van der Waals surface area contributed by atoms with Crippen molar-refractivity contribution < 1.29 is 19.7 Å². The van der Waals surface area contributed by atoms with Gasteiger partial charge < -0.3 is 20.3 Å². The minimum Gasteiger partial charge on any atom is -0.449 e. The second kappa shape index (κ2) is 9.06. The van der Waals surface area contributed by atoms with Crippen LogP contribution in [0.2, 0.25) is 5.15 Å². The van der Waals surface area contributed by atoms with Gasteiger partial charge in [-0.15, -0.1) is 0 Å². The van der Waals surface area contributed by atoms with Gasteiger partial charge in [-0.3, -0.25) is 0 Å². The molecule has 7 heteroatoms. The predicted molar refractivity (Wildman–Crippen MR) is 118 cm³/mol. The minimum absolute atomic E-state index is 0.0446. The largest absolute Gasteiger partial charge is 0.449 e. The van der Waals surface area contributed by atoms with Crippen LogP contribution in [0.1, 0.15) is 34.3 Å². The Morgan fingerprint density at radius 2 is 1.74 bits per heavy atom. The number of benzene rings is 2. The lowest BCUT2D eigenvalue weighted by molar-refractivity contribution is 0.0183. The summed E-state index contributed by atoms with van der Waals surface area (Å²) >= 11 is 5.89. The standard InChI is InChI=1S/C24H23ClN2O4/c1-14-10-15(11-26-23(14)25)22(29)21(28)12-27-24(30)31-13-20-18-8-4-2-6-16(18)17-7-3-5-9-19(17)20/h2-11,20-22,28-29H,12-13H2,1H3,(H,27,30). The molecule has 2 aromatic carbocycles. The highest BCUT2D eigenvalue weighted by atomic mass is 35.5. The van der Waals surface area contributed by atoms with E-state index in [0.717, 1.165) is 22.3 Å². The molecule has 1 aliphatic rings. The Balaban J connectivity index is 1.34. The summed E-state index contributed by atoms with van der Waals surface area (Å²) in [5, 5.41) is 23.4. The van der Waals surface area contributed by atoms with E-state index in [4.69, 9.17) is 16.3 Å². The number of hydrogen-bond acceptors (Lipinski definition) is 5. The molecule has 1 heterocycles. The third kappa shape index (κ3) is 4.42. The van der Waals surface area contributed by atoms with Crippen LogP contribution in [0.3, 0.4) is 0 Å². The smallest absolute Gasteiger partial charge is 0.407 e. The molecule has 1 aromatic heterocycles. The minimum atomic E-state index is -1.22. The number of hydrogen-bond donors (Lipinski definition) is 3. The highest BCUT2D eigenvalue weighted by Crippen LogP contribution is 2.44. The summed E-state index contributed by atoms with van der Waals surface area (Å²) in [4.78, 5) is 16.2. The Labute approximate surface area is 185 Å². The van der Waals surface area contributed by atoms with Gasteiger partial charge in [-0.05, 0) is 40.8 Å². The molecule has 2 unspecified atom stereocenters. The second-order valence-corrected chi connectivity index (χ2v) is 7.95. The average molecular weight is 439 g/mol. The number of aliphatic hydroxyl groups is 2. The Bertz CT molecular complexity index is 1060. The van der Waals surface area contributed by atoms with Crippen LogP contribution in [0.5, 0.6) is 0 Å². The molecule has 0 fully saturated rings. The Morgan fingerprint density at radius 1 is 1.13 bits per heavy atom. The van der Waals surface area contributed by atoms with Crippen molar-refractivity contribution in [1.29, 1.82) is 0 Å². The van der Waals surface area contributed by atoms with Crippen molar-refractivity contribution in [1.82, 2.24) is 10.3 Å². The molecule has 160 valence electrons. The lowest BCUT2D eigenvalue weighted by Crippen LogP contribution is -2.36. The molecule has 1 aliphatic carbocycles. The fourth-order valence-electron chi connectivity index (χ4n) is 3.91. The van der Waals surface area contributed by atoms with Gasteiger partial charge in [0, 0.05) is 24.2 Å². The molecule has 4 rings (SSSR count).